The number of nitrogens with two attached hydrogens (primary N) is 1. The van der Waals surface area contributed by atoms with Crippen LogP contribution in [0, 0.1) is 5.92 Å². The van der Waals surface area contributed by atoms with E-state index in [9.17, 15) is 5.11 Å². The third-order valence-electron chi connectivity index (χ3n) is 3.99. The number of quaternary nitrogens is 1. The van der Waals surface area contributed by atoms with Gasteiger partial charge in [0, 0.05) is 0 Å². The van der Waals surface area contributed by atoms with Crippen LogP contribution in [0.1, 0.15) is 45.6 Å². The molecular weight excluding hydrogens is 290 g/mol. The van der Waals surface area contributed by atoms with Gasteiger partial charge in [0.15, 0.2) is 0 Å². The molecule has 0 saturated heterocycles. The highest BCUT2D eigenvalue weighted by molar-refractivity contribution is 5.26. The molecule has 1 rings (SSSR count). The molecule has 1 aromatic carbocycles. The summed E-state index contributed by atoms with van der Waals surface area (Å²) in [5.41, 5.74) is 1.09. The fourth-order valence-corrected chi connectivity index (χ4v) is 2.46. The second-order valence-corrected chi connectivity index (χ2v) is 6.79. The maximum atomic E-state index is 10.00. The van der Waals surface area contributed by atoms with E-state index in [0.29, 0.717) is 25.8 Å². The van der Waals surface area contributed by atoms with Crippen LogP contribution in [0.2, 0.25) is 0 Å². The van der Waals surface area contributed by atoms with Crippen molar-refractivity contribution >= 4 is 0 Å². The Kier molecular flexibility index (Phi) is 9.92. The van der Waals surface area contributed by atoms with Crippen LogP contribution in [0.4, 0.5) is 0 Å². The number of aliphatic hydroxyl groups excluding tert-OH is 1. The van der Waals surface area contributed by atoms with Crippen molar-refractivity contribution in [1.82, 2.24) is 0 Å². The third-order valence-corrected chi connectivity index (χ3v) is 3.99. The van der Waals surface area contributed by atoms with E-state index in [2.05, 4.69) is 26.1 Å². The molecule has 0 aliphatic heterocycles. The molecule has 3 N–H and O–H groups in total. The standard InChI is InChI=1S/C19H33NO3/c1-15(2)6-5-7-16(3)20-12-18(21)14-23-13-17-8-10-19(22-4)11-9-17/h8-11,15-16,18,20-21H,5-7,12-14H2,1-4H3/p+1/t16-,18+/m1/s1. The first-order valence-electron chi connectivity index (χ1n) is 8.73. The highest BCUT2D eigenvalue weighted by Crippen LogP contribution is 2.12. The van der Waals surface area contributed by atoms with Gasteiger partial charge in [-0.3, -0.25) is 0 Å². The minimum atomic E-state index is -0.416. The number of benzene rings is 1. The van der Waals surface area contributed by atoms with Crippen LogP contribution in [-0.2, 0) is 11.3 Å². The lowest BCUT2D eigenvalue weighted by atomic mass is 10.0. The zero-order valence-electron chi connectivity index (χ0n) is 15.1. The quantitative estimate of drug-likeness (QED) is 0.620. The van der Waals surface area contributed by atoms with Crippen LogP contribution in [0.5, 0.6) is 5.75 Å². The summed E-state index contributed by atoms with van der Waals surface area (Å²) in [4.78, 5) is 0. The zero-order chi connectivity index (χ0) is 17.1. The molecule has 0 aromatic heterocycles. The highest BCUT2D eigenvalue weighted by atomic mass is 16.5. The van der Waals surface area contributed by atoms with Crippen molar-refractivity contribution in [1.29, 1.82) is 0 Å². The number of rotatable bonds is 12. The first-order chi connectivity index (χ1) is 11.0. The van der Waals surface area contributed by atoms with E-state index < -0.39 is 6.10 Å². The molecule has 0 aliphatic carbocycles. The van der Waals surface area contributed by atoms with Gasteiger partial charge in [0.2, 0.25) is 0 Å². The molecule has 132 valence electrons. The lowest BCUT2D eigenvalue weighted by Crippen LogP contribution is -2.91. The molecule has 1 aromatic rings. The fourth-order valence-electron chi connectivity index (χ4n) is 2.46. The number of hydrogen-bond donors (Lipinski definition) is 2. The van der Waals surface area contributed by atoms with Crippen molar-refractivity contribution in [2.75, 3.05) is 20.3 Å². The summed E-state index contributed by atoms with van der Waals surface area (Å²) < 4.78 is 10.7. The molecule has 0 radical (unpaired) electrons. The van der Waals surface area contributed by atoms with Crippen molar-refractivity contribution in [3.63, 3.8) is 0 Å². The second kappa shape index (κ2) is 11.4. The maximum Gasteiger partial charge on any atom is 0.126 e. The van der Waals surface area contributed by atoms with Gasteiger partial charge < -0.3 is 19.9 Å². The van der Waals surface area contributed by atoms with E-state index in [1.54, 1.807) is 7.11 Å². The molecule has 0 fully saturated rings. The van der Waals surface area contributed by atoms with Crippen molar-refractivity contribution in [2.45, 2.75) is 58.8 Å². The predicted octanol–water partition coefficient (Wildman–Crippen LogP) is 2.35. The maximum absolute atomic E-state index is 10.00. The largest absolute Gasteiger partial charge is 0.497 e. The Hall–Kier alpha value is -1.10. The summed E-state index contributed by atoms with van der Waals surface area (Å²) >= 11 is 0. The minimum absolute atomic E-state index is 0.376. The molecule has 4 heteroatoms. The van der Waals surface area contributed by atoms with Gasteiger partial charge in [-0.25, -0.2) is 0 Å². The molecule has 2 atom stereocenters. The van der Waals surface area contributed by atoms with Crippen molar-refractivity contribution in [3.05, 3.63) is 29.8 Å². The average Bonchev–Trinajstić information content (AvgIpc) is 2.53. The Morgan fingerprint density at radius 3 is 2.39 bits per heavy atom. The Labute approximate surface area is 141 Å². The van der Waals surface area contributed by atoms with E-state index in [0.717, 1.165) is 17.2 Å². The molecule has 23 heavy (non-hydrogen) atoms. The monoisotopic (exact) mass is 324 g/mol. The van der Waals surface area contributed by atoms with Gasteiger partial charge in [-0.15, -0.1) is 0 Å². The Morgan fingerprint density at radius 1 is 1.09 bits per heavy atom. The van der Waals surface area contributed by atoms with Crippen molar-refractivity contribution in [3.8, 4) is 5.75 Å². The zero-order valence-corrected chi connectivity index (χ0v) is 15.1. The number of hydrogen-bond acceptors (Lipinski definition) is 3. The number of ether oxygens (including phenoxy) is 2. The molecule has 0 spiro atoms. The molecule has 4 nitrogen and oxygen atoms in total. The van der Waals surface area contributed by atoms with Crippen LogP contribution < -0.4 is 10.1 Å². The van der Waals surface area contributed by atoms with Gasteiger partial charge in [0.1, 0.15) is 18.4 Å². The van der Waals surface area contributed by atoms with E-state index >= 15 is 0 Å². The smallest absolute Gasteiger partial charge is 0.126 e. The summed E-state index contributed by atoms with van der Waals surface area (Å²) in [5.74, 6) is 1.62. The van der Waals surface area contributed by atoms with E-state index in [1.807, 2.05) is 24.3 Å². The molecule has 0 bridgehead atoms. The molecule has 0 saturated carbocycles. The van der Waals surface area contributed by atoms with Gasteiger partial charge in [-0.05, 0) is 43.4 Å². The predicted molar refractivity (Wildman–Crippen MR) is 93.6 cm³/mol. The second-order valence-electron chi connectivity index (χ2n) is 6.79. The number of methoxy groups -OCH3 is 1. The summed E-state index contributed by atoms with van der Waals surface area (Å²) in [6, 6.07) is 8.36. The van der Waals surface area contributed by atoms with Gasteiger partial charge in [-0.1, -0.05) is 32.4 Å². The van der Waals surface area contributed by atoms with Crippen molar-refractivity contribution < 1.29 is 19.9 Å². The van der Waals surface area contributed by atoms with Gasteiger partial charge in [0.05, 0.1) is 26.4 Å². The summed E-state index contributed by atoms with van der Waals surface area (Å²) in [6.07, 6.45) is 3.34. The lowest BCUT2D eigenvalue weighted by molar-refractivity contribution is -0.692. The van der Waals surface area contributed by atoms with E-state index in [4.69, 9.17) is 9.47 Å². The Balaban J connectivity index is 2.10. The summed E-state index contributed by atoms with van der Waals surface area (Å²) in [7, 11) is 1.65. The highest BCUT2D eigenvalue weighted by Gasteiger charge is 2.11. The average molecular weight is 324 g/mol. The first-order valence-corrected chi connectivity index (χ1v) is 8.73. The van der Waals surface area contributed by atoms with E-state index in [-0.39, 0.29) is 0 Å². The minimum Gasteiger partial charge on any atom is -0.497 e. The van der Waals surface area contributed by atoms with Crippen LogP contribution >= 0.6 is 0 Å². The Bertz CT molecular complexity index is 406. The van der Waals surface area contributed by atoms with Crippen molar-refractivity contribution in [2.24, 2.45) is 5.92 Å². The lowest BCUT2D eigenvalue weighted by Gasteiger charge is -2.15. The number of aliphatic hydroxyl groups is 1. The van der Waals surface area contributed by atoms with Gasteiger partial charge in [0.25, 0.3) is 0 Å². The SMILES string of the molecule is COc1ccc(COC[C@@H](O)C[NH2+][C@H](C)CCCC(C)C)cc1. The van der Waals surface area contributed by atoms with Crippen LogP contribution in [-0.4, -0.2) is 37.5 Å². The molecule has 0 unspecified atom stereocenters. The van der Waals surface area contributed by atoms with E-state index in [1.165, 1.54) is 19.3 Å². The van der Waals surface area contributed by atoms with Gasteiger partial charge >= 0.3 is 0 Å². The van der Waals surface area contributed by atoms with Crippen LogP contribution in [0.3, 0.4) is 0 Å². The van der Waals surface area contributed by atoms with Crippen LogP contribution in [0.15, 0.2) is 24.3 Å². The topological polar surface area (TPSA) is 55.3 Å². The van der Waals surface area contributed by atoms with Gasteiger partial charge in [-0.2, -0.15) is 0 Å². The first kappa shape index (κ1) is 19.9. The summed E-state index contributed by atoms with van der Waals surface area (Å²) in [5, 5.41) is 12.2. The Morgan fingerprint density at radius 2 is 1.78 bits per heavy atom. The summed E-state index contributed by atoms with van der Waals surface area (Å²) in [6.45, 7) is 8.35. The molecule has 0 amide bonds. The fraction of sp³-hybridized carbons (Fsp3) is 0.684. The third kappa shape index (κ3) is 9.59. The molecule has 0 heterocycles. The molecular formula is C19H34NO3+. The normalized spacial score (nSPS) is 14.0. The van der Waals surface area contributed by atoms with Crippen LogP contribution in [0.25, 0.3) is 0 Å². The molecule has 0 aliphatic rings.